The van der Waals surface area contributed by atoms with Gasteiger partial charge in [-0.1, -0.05) is 80.6 Å². The van der Waals surface area contributed by atoms with Crippen LogP contribution in [-0.4, -0.2) is 150 Å². The van der Waals surface area contributed by atoms with Crippen LogP contribution in [0.1, 0.15) is 85.7 Å². The Morgan fingerprint density at radius 2 is 1.31 bits per heavy atom. The number of aliphatic hydroxyl groups excluding tert-OH is 3. The summed E-state index contributed by atoms with van der Waals surface area (Å²) in [5.41, 5.74) is -9.11. The number of aliphatic hydroxyl groups is 5. The summed E-state index contributed by atoms with van der Waals surface area (Å²) in [6, 6.07) is 21.1. The highest BCUT2D eigenvalue weighted by atomic mass is 16.6. The van der Waals surface area contributed by atoms with Crippen LogP contribution in [0.4, 0.5) is 0 Å². The Balaban J connectivity index is 1.38. The van der Waals surface area contributed by atoms with Gasteiger partial charge >= 0.3 is 35.8 Å². The molecule has 3 aromatic carbocycles. The van der Waals surface area contributed by atoms with Gasteiger partial charge in [-0.2, -0.15) is 0 Å². The summed E-state index contributed by atoms with van der Waals surface area (Å²) >= 11 is 0. The molecule has 0 spiro atoms. The number of hydrogen-bond acceptors (Lipinski definition) is 18. The molecule has 13 unspecified atom stereocenters. The summed E-state index contributed by atoms with van der Waals surface area (Å²) in [4.78, 5) is 108. The van der Waals surface area contributed by atoms with Crippen LogP contribution < -0.4 is 5.32 Å². The molecular weight excluding hydrogens is 947 g/mol. The molecule has 3 aliphatic carbocycles. The van der Waals surface area contributed by atoms with Gasteiger partial charge in [0.05, 0.1) is 36.5 Å². The number of hydrogen-bond donors (Lipinski definition) is 8. The van der Waals surface area contributed by atoms with E-state index in [0.717, 1.165) is 0 Å². The first-order valence-electron chi connectivity index (χ1n) is 22.9. The molecule has 2 bridgehead atoms. The number of carbonyl (C=O) groups is 8. The Bertz CT molecular complexity index is 2640. The van der Waals surface area contributed by atoms with Crippen molar-refractivity contribution in [1.82, 2.24) is 5.32 Å². The fourth-order valence-corrected chi connectivity index (χ4v) is 10.7. The highest BCUT2D eigenvalue weighted by Gasteiger charge is 2.77. The van der Waals surface area contributed by atoms with Crippen molar-refractivity contribution in [2.24, 2.45) is 16.7 Å². The van der Waals surface area contributed by atoms with Gasteiger partial charge in [0.1, 0.15) is 41.7 Å². The Hall–Kier alpha value is -6.88. The van der Waals surface area contributed by atoms with E-state index in [0.29, 0.717) is 0 Å². The fourth-order valence-electron chi connectivity index (χ4n) is 10.7. The molecule has 384 valence electrons. The molecule has 8 N–H and O–H groups in total. The number of esters is 4. The van der Waals surface area contributed by atoms with Crippen molar-refractivity contribution in [3.8, 4) is 0 Å². The van der Waals surface area contributed by atoms with Crippen LogP contribution in [0.5, 0.6) is 0 Å². The second kappa shape index (κ2) is 20.3. The first-order valence-corrected chi connectivity index (χ1v) is 22.9. The van der Waals surface area contributed by atoms with E-state index in [-0.39, 0.29) is 27.8 Å². The van der Waals surface area contributed by atoms with Crippen LogP contribution >= 0.6 is 0 Å². The normalized spacial score (nSPS) is 29.9. The molecule has 13 atom stereocenters. The smallest absolute Gasteiger partial charge is 0.350 e. The van der Waals surface area contributed by atoms with E-state index < -0.39 is 163 Å². The van der Waals surface area contributed by atoms with E-state index >= 15 is 4.79 Å². The van der Waals surface area contributed by atoms with E-state index in [2.05, 4.69) is 5.32 Å². The molecule has 4 aliphatic rings. The van der Waals surface area contributed by atoms with Crippen molar-refractivity contribution in [3.63, 3.8) is 0 Å². The zero-order chi connectivity index (χ0) is 52.7. The number of ketones is 1. The number of fused-ring (bicyclic) bond motifs is 5. The molecule has 0 aromatic heterocycles. The number of benzene rings is 3. The molecule has 3 aromatic rings. The lowest BCUT2D eigenvalue weighted by molar-refractivity contribution is -0.344. The van der Waals surface area contributed by atoms with Crippen LogP contribution in [0.25, 0.3) is 0 Å². The molecule has 21 nitrogen and oxygen atoms in total. The van der Waals surface area contributed by atoms with E-state index in [1.165, 1.54) is 76.2 Å². The van der Waals surface area contributed by atoms with Crippen LogP contribution in [0.2, 0.25) is 0 Å². The van der Waals surface area contributed by atoms with Crippen molar-refractivity contribution >= 4 is 47.5 Å². The van der Waals surface area contributed by atoms with Gasteiger partial charge in [-0.05, 0) is 54.8 Å². The van der Waals surface area contributed by atoms with Crippen molar-refractivity contribution in [2.75, 3.05) is 6.61 Å². The first-order chi connectivity index (χ1) is 33.9. The molecular formula is C51H55NO20. The minimum atomic E-state index is -2.62. The Kier molecular flexibility index (Phi) is 14.9. The maximum atomic E-state index is 15.4. The number of carboxylic acids is 2. The summed E-state index contributed by atoms with van der Waals surface area (Å²) < 4.78 is 29.5. The van der Waals surface area contributed by atoms with Crippen LogP contribution in [0.15, 0.2) is 102 Å². The molecule has 72 heavy (non-hydrogen) atoms. The van der Waals surface area contributed by atoms with Gasteiger partial charge in [0, 0.05) is 29.7 Å². The molecule has 1 aliphatic heterocycles. The van der Waals surface area contributed by atoms with Gasteiger partial charge in [-0.15, -0.1) is 0 Å². The van der Waals surface area contributed by atoms with Gasteiger partial charge < -0.3 is 64.7 Å². The SMILES string of the molecule is CC1=C2C(O)C(=O)C3(C)C(OC(=O)CC(O)C(=O)O)CC4OCC4(O)C3C(OC(=O)c3ccccc3)C(O)(CC1OC(=O)C(OC(=O)CC(O)C(=O)O)C(NC(=O)c1ccccc1)c1ccccc1)C2(C)C. The quantitative estimate of drug-likeness (QED) is 0.0571. The number of carbonyl (C=O) groups excluding carboxylic acids is 6. The second-order valence-electron chi connectivity index (χ2n) is 19.3. The molecule has 21 heteroatoms. The average Bonchev–Trinajstić information content (AvgIpc) is 3.34. The topological polar surface area (TPSA) is 336 Å². The summed E-state index contributed by atoms with van der Waals surface area (Å²) in [6.07, 6.45) is -19.2. The lowest BCUT2D eigenvalue weighted by atomic mass is 9.44. The van der Waals surface area contributed by atoms with Crippen molar-refractivity contribution < 1.29 is 97.8 Å². The number of amides is 1. The van der Waals surface area contributed by atoms with Crippen LogP contribution in [0, 0.1) is 16.7 Å². The summed E-state index contributed by atoms with van der Waals surface area (Å²) in [7, 11) is 0. The Morgan fingerprint density at radius 1 is 0.764 bits per heavy atom. The van der Waals surface area contributed by atoms with Crippen molar-refractivity contribution in [2.45, 2.75) is 119 Å². The summed E-state index contributed by atoms with van der Waals surface area (Å²) in [6.45, 7) is 4.89. The standard InChI is InChI=1S/C51H55NO20/c1-25-31(69-47(65)39(71-35(56)21-30(54)45(62)63)37(26-14-8-5-9-15-26)52-43(59)27-16-10-6-11-17-27)23-51(67)42(72-46(64)28-18-12-7-13-19-28)40-49(4,41(58)38(57)36(25)48(51,2)3)32(22-33-50(40,66)24-68-33)70-34(55)20-29(53)44(60)61/h5-19,29-33,37-40,42,53-54,57,66-67H,20-24H2,1-4H3,(H,52,59)(H,60,61)(H,62,63). The Labute approximate surface area is 411 Å². The van der Waals surface area contributed by atoms with Gasteiger partial charge in [0.2, 0.25) is 6.10 Å². The lowest BCUT2D eigenvalue weighted by Crippen LogP contribution is -2.81. The van der Waals surface area contributed by atoms with Gasteiger partial charge in [-0.25, -0.2) is 19.2 Å². The lowest BCUT2D eigenvalue weighted by Gasteiger charge is -2.67. The van der Waals surface area contributed by atoms with Gasteiger partial charge in [-0.3, -0.25) is 19.2 Å². The number of aliphatic carboxylic acids is 2. The van der Waals surface area contributed by atoms with Crippen molar-refractivity contribution in [3.05, 3.63) is 119 Å². The predicted octanol–water partition coefficient (Wildman–Crippen LogP) is 1.37. The minimum Gasteiger partial charge on any atom is -0.479 e. The number of Topliss-reactive ketones (excluding diaryl/α,β-unsaturated/α-hetero) is 1. The molecule has 0 radical (unpaired) electrons. The fraction of sp³-hybridized carbons (Fsp3) is 0.451. The molecule has 7 rings (SSSR count). The molecule has 2 saturated carbocycles. The van der Waals surface area contributed by atoms with E-state index in [4.69, 9.17) is 23.7 Å². The minimum absolute atomic E-state index is 0.0532. The zero-order valence-corrected chi connectivity index (χ0v) is 39.4. The predicted molar refractivity (Wildman–Crippen MR) is 243 cm³/mol. The van der Waals surface area contributed by atoms with Gasteiger partial charge in [0.25, 0.3) is 5.91 Å². The molecule has 3 fully saturated rings. The maximum absolute atomic E-state index is 15.4. The number of ether oxygens (including phenoxy) is 5. The van der Waals surface area contributed by atoms with E-state index in [1.54, 1.807) is 42.5 Å². The number of rotatable bonds is 16. The Morgan fingerprint density at radius 3 is 1.85 bits per heavy atom. The summed E-state index contributed by atoms with van der Waals surface area (Å²) in [5.74, 6) is -12.5. The van der Waals surface area contributed by atoms with E-state index in [1.807, 2.05) is 0 Å². The largest absolute Gasteiger partial charge is 0.479 e. The molecule has 1 heterocycles. The molecule has 1 amide bonds. The highest BCUT2D eigenvalue weighted by Crippen LogP contribution is 2.63. The number of nitrogens with one attached hydrogen (secondary N) is 1. The van der Waals surface area contributed by atoms with Crippen LogP contribution in [-0.2, 0) is 52.5 Å². The average molecular weight is 1000 g/mol. The zero-order valence-electron chi connectivity index (χ0n) is 39.4. The second-order valence-corrected chi connectivity index (χ2v) is 19.3. The van der Waals surface area contributed by atoms with Crippen molar-refractivity contribution in [1.29, 1.82) is 0 Å². The third-order valence-electron chi connectivity index (χ3n) is 14.7. The number of carboxylic acid groups (broad SMARTS) is 2. The van der Waals surface area contributed by atoms with Gasteiger partial charge in [0.15, 0.2) is 18.0 Å². The third-order valence-corrected chi connectivity index (χ3v) is 14.7. The highest BCUT2D eigenvalue weighted by molar-refractivity contribution is 5.96. The van der Waals surface area contributed by atoms with Crippen LogP contribution in [0.3, 0.4) is 0 Å². The maximum Gasteiger partial charge on any atom is 0.350 e. The van der Waals surface area contributed by atoms with E-state index in [9.17, 15) is 69.3 Å². The summed E-state index contributed by atoms with van der Waals surface area (Å²) in [5, 5.41) is 80.4. The molecule has 1 saturated heterocycles. The first kappa shape index (κ1) is 52.9. The third kappa shape index (κ3) is 9.62. The monoisotopic (exact) mass is 1000 g/mol.